The van der Waals surface area contributed by atoms with E-state index in [0.717, 1.165) is 31.3 Å². The standard InChI is InChI=1S/C20H28O2/c1-13(2)15-10-14-6-7-18-19(3,12-21)8-5-9-20(18,4)16(14)11-17(15)22/h6,10,12-13,16,18H,5,7-9,11H2,1-4H3/t16-,18-,19+,20+/m0/s1. The predicted molar refractivity (Wildman–Crippen MR) is 88.4 cm³/mol. The maximum absolute atomic E-state index is 12.6. The van der Waals surface area contributed by atoms with Gasteiger partial charge >= 0.3 is 0 Å². The van der Waals surface area contributed by atoms with Crippen molar-refractivity contribution in [2.75, 3.05) is 0 Å². The van der Waals surface area contributed by atoms with Crippen LogP contribution in [0.1, 0.15) is 59.8 Å². The summed E-state index contributed by atoms with van der Waals surface area (Å²) in [5, 5.41) is 0. The van der Waals surface area contributed by atoms with E-state index in [1.54, 1.807) is 0 Å². The van der Waals surface area contributed by atoms with Gasteiger partial charge in [0.15, 0.2) is 5.78 Å². The van der Waals surface area contributed by atoms with E-state index in [9.17, 15) is 9.59 Å². The summed E-state index contributed by atoms with van der Waals surface area (Å²) in [5.41, 5.74) is 2.21. The fourth-order valence-corrected chi connectivity index (χ4v) is 5.39. The van der Waals surface area contributed by atoms with Crippen molar-refractivity contribution in [1.82, 2.24) is 0 Å². The number of allylic oxidation sites excluding steroid dienone is 4. The monoisotopic (exact) mass is 300 g/mol. The molecule has 0 radical (unpaired) electrons. The number of hydrogen-bond donors (Lipinski definition) is 0. The van der Waals surface area contributed by atoms with E-state index < -0.39 is 0 Å². The van der Waals surface area contributed by atoms with Gasteiger partial charge in [0.05, 0.1) is 0 Å². The molecule has 3 aliphatic carbocycles. The fourth-order valence-electron chi connectivity index (χ4n) is 5.39. The first-order valence-electron chi connectivity index (χ1n) is 8.73. The van der Waals surface area contributed by atoms with Crippen LogP contribution in [-0.4, -0.2) is 12.1 Å². The molecule has 0 aromatic heterocycles. The molecule has 0 aliphatic heterocycles. The molecule has 2 nitrogen and oxygen atoms in total. The summed E-state index contributed by atoms with van der Waals surface area (Å²) < 4.78 is 0. The number of fused-ring (bicyclic) bond motifs is 3. The van der Waals surface area contributed by atoms with Crippen molar-refractivity contribution >= 4 is 12.1 Å². The van der Waals surface area contributed by atoms with E-state index >= 15 is 0 Å². The first kappa shape index (κ1) is 15.7. The molecular formula is C20H28O2. The zero-order valence-electron chi connectivity index (χ0n) is 14.3. The van der Waals surface area contributed by atoms with E-state index in [2.05, 4.69) is 39.8 Å². The molecule has 0 saturated heterocycles. The van der Waals surface area contributed by atoms with Gasteiger partial charge in [-0.1, -0.05) is 46.3 Å². The second-order valence-corrected chi connectivity index (χ2v) is 8.41. The normalized spacial score (nSPS) is 41.4. The Morgan fingerprint density at radius 2 is 2.00 bits per heavy atom. The van der Waals surface area contributed by atoms with Crippen LogP contribution in [0.5, 0.6) is 0 Å². The molecule has 0 unspecified atom stereocenters. The number of aldehydes is 1. The smallest absolute Gasteiger partial charge is 0.159 e. The Kier molecular flexibility index (Phi) is 3.70. The largest absolute Gasteiger partial charge is 0.303 e. The first-order valence-corrected chi connectivity index (χ1v) is 8.73. The van der Waals surface area contributed by atoms with E-state index in [4.69, 9.17) is 0 Å². The summed E-state index contributed by atoms with van der Waals surface area (Å²) >= 11 is 0. The van der Waals surface area contributed by atoms with Gasteiger partial charge < -0.3 is 4.79 Å². The van der Waals surface area contributed by atoms with Crippen LogP contribution in [0.2, 0.25) is 0 Å². The first-order chi connectivity index (χ1) is 10.3. The van der Waals surface area contributed by atoms with Gasteiger partial charge in [-0.25, -0.2) is 0 Å². The van der Waals surface area contributed by atoms with Crippen LogP contribution >= 0.6 is 0 Å². The lowest BCUT2D eigenvalue weighted by Crippen LogP contribution is -2.51. The molecule has 3 rings (SSSR count). The molecule has 0 N–H and O–H groups in total. The molecule has 2 heteroatoms. The molecule has 0 aromatic carbocycles. The highest BCUT2D eigenvalue weighted by Gasteiger charge is 2.55. The average Bonchev–Trinajstić information content (AvgIpc) is 2.47. The summed E-state index contributed by atoms with van der Waals surface area (Å²) in [5.74, 6) is 1.30. The number of rotatable bonds is 2. The van der Waals surface area contributed by atoms with Crippen LogP contribution < -0.4 is 0 Å². The van der Waals surface area contributed by atoms with Gasteiger partial charge in [0.25, 0.3) is 0 Å². The Balaban J connectivity index is 2.04. The SMILES string of the molecule is CC(C)C1=CC2=CC[C@@H]3[C@](C)(CCC[C@]3(C)C=O)[C@H]2CC1=O. The molecule has 120 valence electrons. The Labute approximate surface area is 134 Å². The fraction of sp³-hybridized carbons (Fsp3) is 0.700. The third-order valence-electron chi connectivity index (χ3n) is 6.74. The minimum Gasteiger partial charge on any atom is -0.303 e. The minimum atomic E-state index is -0.222. The Hall–Kier alpha value is -1.18. The van der Waals surface area contributed by atoms with Gasteiger partial charge in [0, 0.05) is 11.8 Å². The van der Waals surface area contributed by atoms with Crippen molar-refractivity contribution in [3.8, 4) is 0 Å². The Morgan fingerprint density at radius 3 is 2.64 bits per heavy atom. The molecule has 0 bridgehead atoms. The van der Waals surface area contributed by atoms with Crippen LogP contribution in [0.15, 0.2) is 23.3 Å². The summed E-state index contributed by atoms with van der Waals surface area (Å²) in [6.45, 7) is 8.66. The highest BCUT2D eigenvalue weighted by molar-refractivity contribution is 5.98. The number of carbonyl (C=O) groups excluding carboxylic acids is 2. The average molecular weight is 300 g/mol. The van der Waals surface area contributed by atoms with Crippen molar-refractivity contribution < 1.29 is 9.59 Å². The number of hydrogen-bond acceptors (Lipinski definition) is 2. The van der Waals surface area contributed by atoms with Crippen LogP contribution in [-0.2, 0) is 9.59 Å². The molecular weight excluding hydrogens is 272 g/mol. The van der Waals surface area contributed by atoms with Gasteiger partial charge in [-0.05, 0) is 53.6 Å². The third-order valence-corrected chi connectivity index (χ3v) is 6.74. The molecule has 1 fully saturated rings. The number of carbonyl (C=O) groups is 2. The summed E-state index contributed by atoms with van der Waals surface area (Å²) in [6, 6.07) is 0. The second-order valence-electron chi connectivity index (χ2n) is 8.41. The number of Topliss-reactive ketones (excluding diaryl/α,β-unsaturated/α-hetero) is 1. The lowest BCUT2D eigenvalue weighted by atomic mass is 9.47. The molecule has 22 heavy (non-hydrogen) atoms. The van der Waals surface area contributed by atoms with Crippen molar-refractivity contribution in [3.05, 3.63) is 23.3 Å². The van der Waals surface area contributed by atoms with Crippen molar-refractivity contribution in [1.29, 1.82) is 0 Å². The minimum absolute atomic E-state index is 0.0899. The predicted octanol–water partition coefficient (Wildman–Crippen LogP) is 4.50. The zero-order valence-corrected chi connectivity index (χ0v) is 14.3. The van der Waals surface area contributed by atoms with Gasteiger partial charge in [0.1, 0.15) is 6.29 Å². The molecule has 0 aromatic rings. The molecule has 1 saturated carbocycles. The quantitative estimate of drug-likeness (QED) is 0.704. The summed E-state index contributed by atoms with van der Waals surface area (Å²) in [4.78, 5) is 24.3. The van der Waals surface area contributed by atoms with E-state index in [1.807, 2.05) is 0 Å². The number of ketones is 1. The van der Waals surface area contributed by atoms with E-state index in [0.29, 0.717) is 30.0 Å². The molecule has 4 atom stereocenters. The van der Waals surface area contributed by atoms with E-state index in [-0.39, 0.29) is 10.8 Å². The van der Waals surface area contributed by atoms with Crippen LogP contribution in [0.3, 0.4) is 0 Å². The molecule has 0 amide bonds. The summed E-state index contributed by atoms with van der Waals surface area (Å²) in [7, 11) is 0. The van der Waals surface area contributed by atoms with Crippen molar-refractivity contribution in [2.24, 2.45) is 28.6 Å². The van der Waals surface area contributed by atoms with Crippen molar-refractivity contribution in [2.45, 2.75) is 59.8 Å². The van der Waals surface area contributed by atoms with Gasteiger partial charge in [0.2, 0.25) is 0 Å². The highest BCUT2D eigenvalue weighted by atomic mass is 16.1. The molecule has 3 aliphatic rings. The molecule has 0 heterocycles. The van der Waals surface area contributed by atoms with Gasteiger partial charge in [-0.3, -0.25) is 4.79 Å². The van der Waals surface area contributed by atoms with Crippen LogP contribution in [0, 0.1) is 28.6 Å². The topological polar surface area (TPSA) is 34.1 Å². The van der Waals surface area contributed by atoms with Crippen LogP contribution in [0.4, 0.5) is 0 Å². The van der Waals surface area contributed by atoms with Gasteiger partial charge in [-0.2, -0.15) is 0 Å². The summed E-state index contributed by atoms with van der Waals surface area (Å²) in [6.07, 6.45) is 10.5. The highest BCUT2D eigenvalue weighted by Crippen LogP contribution is 2.61. The van der Waals surface area contributed by atoms with Gasteiger partial charge in [-0.15, -0.1) is 0 Å². The molecule has 0 spiro atoms. The van der Waals surface area contributed by atoms with Crippen molar-refractivity contribution in [3.63, 3.8) is 0 Å². The van der Waals surface area contributed by atoms with E-state index in [1.165, 1.54) is 11.9 Å². The van der Waals surface area contributed by atoms with Crippen LogP contribution in [0.25, 0.3) is 0 Å². The third kappa shape index (κ3) is 2.14. The Morgan fingerprint density at radius 1 is 1.27 bits per heavy atom. The zero-order chi connectivity index (χ0) is 16.1. The maximum atomic E-state index is 12.6. The maximum Gasteiger partial charge on any atom is 0.159 e. The lowest BCUT2D eigenvalue weighted by Gasteiger charge is -2.56. The Bertz CT molecular complexity index is 568. The lowest BCUT2D eigenvalue weighted by molar-refractivity contribution is -0.130. The second kappa shape index (κ2) is 5.18.